The van der Waals surface area contributed by atoms with Gasteiger partial charge in [0.15, 0.2) is 6.61 Å². The minimum atomic E-state index is -1.12. The van der Waals surface area contributed by atoms with E-state index in [9.17, 15) is 28.8 Å². The molecule has 1 aliphatic carbocycles. The molecule has 3 atom stereocenters. The Hall–Kier alpha value is -4.99. The van der Waals surface area contributed by atoms with E-state index in [0.717, 1.165) is 44.1 Å². The van der Waals surface area contributed by atoms with Crippen molar-refractivity contribution in [3.63, 3.8) is 0 Å². The van der Waals surface area contributed by atoms with Gasteiger partial charge in [0.25, 0.3) is 11.8 Å². The molecule has 4 heterocycles. The Balaban J connectivity index is 1.15. The number of aryl methyl sites for hydroxylation is 1. The summed E-state index contributed by atoms with van der Waals surface area (Å²) in [5.74, 6) is -1.83. The number of hydrogen-bond acceptors (Lipinski definition) is 11. The number of carbonyl (C=O) groups excluding carboxylic acids is 6. The summed E-state index contributed by atoms with van der Waals surface area (Å²) in [6, 6.07) is 5.40. The van der Waals surface area contributed by atoms with Gasteiger partial charge in [-0.15, -0.1) is 0 Å². The van der Waals surface area contributed by atoms with Crippen LogP contribution in [0.25, 0.3) is 10.9 Å². The van der Waals surface area contributed by atoms with Crippen molar-refractivity contribution in [1.29, 1.82) is 0 Å². The summed E-state index contributed by atoms with van der Waals surface area (Å²) in [6.45, 7) is 5.62. The summed E-state index contributed by atoms with van der Waals surface area (Å²) < 4.78 is 22.3. The molecule has 0 radical (unpaired) electrons. The van der Waals surface area contributed by atoms with Crippen LogP contribution >= 0.6 is 0 Å². The van der Waals surface area contributed by atoms with Crippen LogP contribution < -0.4 is 15.4 Å². The van der Waals surface area contributed by atoms with Crippen LogP contribution in [0, 0.1) is 6.92 Å². The van der Waals surface area contributed by atoms with Crippen LogP contribution in [-0.2, 0) is 33.4 Å². The molecule has 3 aliphatic heterocycles. The molecule has 6 rings (SSSR count). The maximum Gasteiger partial charge on any atom is 0.409 e. The quantitative estimate of drug-likeness (QED) is 0.269. The lowest BCUT2D eigenvalue weighted by atomic mass is 9.93. The number of aromatic nitrogens is 1. The number of amides is 5. The monoisotopic (exact) mass is 778 g/mol. The van der Waals surface area contributed by atoms with E-state index < -0.39 is 36.0 Å². The van der Waals surface area contributed by atoms with Crippen molar-refractivity contribution in [3.8, 4) is 5.75 Å². The number of likely N-dealkylation sites (tertiary alicyclic amines) is 1. The van der Waals surface area contributed by atoms with E-state index >= 15 is 0 Å². The lowest BCUT2D eigenvalue weighted by molar-refractivity contribution is -0.149. The smallest absolute Gasteiger partial charge is 0.409 e. The summed E-state index contributed by atoms with van der Waals surface area (Å²) >= 11 is 0. The highest BCUT2D eigenvalue weighted by Gasteiger charge is 2.36. The summed E-state index contributed by atoms with van der Waals surface area (Å²) in [5.41, 5.74) is 1.28. The maximum absolute atomic E-state index is 14.0. The molecule has 3 saturated heterocycles. The number of rotatable bonds is 14. The highest BCUT2D eigenvalue weighted by Crippen LogP contribution is 2.28. The van der Waals surface area contributed by atoms with E-state index in [0.29, 0.717) is 36.9 Å². The Labute approximate surface area is 326 Å². The van der Waals surface area contributed by atoms with Crippen LogP contribution in [0.15, 0.2) is 24.3 Å². The molecular weight excluding hydrogens is 724 g/mol. The average Bonchev–Trinajstić information content (AvgIpc) is 3.69. The first-order valence-electron chi connectivity index (χ1n) is 20.0. The molecule has 2 aromatic rings. The van der Waals surface area contributed by atoms with Gasteiger partial charge in [-0.05, 0) is 89.3 Å². The zero-order valence-corrected chi connectivity index (χ0v) is 32.4. The maximum atomic E-state index is 14.0. The van der Waals surface area contributed by atoms with Gasteiger partial charge in [-0.3, -0.25) is 24.0 Å². The summed E-state index contributed by atoms with van der Waals surface area (Å²) in [7, 11) is 0. The Morgan fingerprint density at radius 3 is 2.41 bits per heavy atom. The van der Waals surface area contributed by atoms with Gasteiger partial charge in [0.05, 0.1) is 18.2 Å². The van der Waals surface area contributed by atoms with Crippen LogP contribution in [0.5, 0.6) is 5.75 Å². The number of carbonyl (C=O) groups is 6. The number of piperazine rings is 1. The van der Waals surface area contributed by atoms with Gasteiger partial charge in [0.1, 0.15) is 30.1 Å². The van der Waals surface area contributed by atoms with Gasteiger partial charge in [-0.1, -0.05) is 6.07 Å². The highest BCUT2D eigenvalue weighted by molar-refractivity contribution is 5.99. The first-order chi connectivity index (χ1) is 27.1. The predicted molar refractivity (Wildman–Crippen MR) is 203 cm³/mol. The number of nitrogens with zero attached hydrogens (tertiary/aromatic N) is 4. The number of fused-ring (bicyclic) bond motifs is 1. The average molecular weight is 779 g/mol. The van der Waals surface area contributed by atoms with Crippen molar-refractivity contribution in [2.75, 3.05) is 59.2 Å². The first kappa shape index (κ1) is 40.7. The van der Waals surface area contributed by atoms with Crippen molar-refractivity contribution in [2.45, 2.75) is 102 Å². The summed E-state index contributed by atoms with van der Waals surface area (Å²) in [5, 5.41) is 6.43. The van der Waals surface area contributed by atoms with Crippen LogP contribution in [0.4, 0.5) is 4.79 Å². The van der Waals surface area contributed by atoms with E-state index in [-0.39, 0.29) is 94.2 Å². The van der Waals surface area contributed by atoms with E-state index in [1.807, 2.05) is 13.0 Å². The van der Waals surface area contributed by atoms with Crippen molar-refractivity contribution in [3.05, 3.63) is 35.5 Å². The second-order valence-electron chi connectivity index (χ2n) is 14.9. The van der Waals surface area contributed by atoms with Gasteiger partial charge in [-0.2, -0.15) is 0 Å². The largest absolute Gasteiger partial charge is 0.483 e. The number of pyridine rings is 1. The van der Waals surface area contributed by atoms with Gasteiger partial charge < -0.3 is 44.3 Å². The zero-order valence-electron chi connectivity index (χ0n) is 32.4. The number of ether oxygens (including phenoxy) is 4. The number of hydrogen-bond donors (Lipinski definition) is 2. The molecule has 304 valence electrons. The van der Waals surface area contributed by atoms with Gasteiger partial charge >= 0.3 is 12.1 Å². The minimum absolute atomic E-state index is 0.0388. The lowest BCUT2D eigenvalue weighted by Gasteiger charge is -2.36. The van der Waals surface area contributed by atoms with E-state index in [2.05, 4.69) is 15.6 Å². The third-order valence-corrected chi connectivity index (χ3v) is 10.9. The lowest BCUT2D eigenvalue weighted by Crippen LogP contribution is -2.56. The standard InChI is InChI=1S/C40H54N6O10/c1-3-53-40(52)45-19-17-44(18-20-45)39(51)30(14-15-36(48)56-24-28-10-4-5-21-54-28)43-37(49)32-23-34(29-13-12-26(2)22-31(29)42-32)55-25-35(47)46-16-7-11-33(46)38(50)41-27-8-6-9-27/h12-13,22-23,27-28,30,33H,3-11,14-21,24-25H2,1-2H3,(H,41,50)(H,43,49)/t28-,30?,33-/m0/s1. The first-order valence-corrected chi connectivity index (χ1v) is 20.0. The fourth-order valence-electron chi connectivity index (χ4n) is 7.45. The zero-order chi connectivity index (χ0) is 39.6. The molecule has 1 saturated carbocycles. The molecule has 0 bridgehead atoms. The third-order valence-electron chi connectivity index (χ3n) is 10.9. The molecule has 5 amide bonds. The van der Waals surface area contributed by atoms with E-state index in [4.69, 9.17) is 18.9 Å². The van der Waals surface area contributed by atoms with Crippen LogP contribution in [0.2, 0.25) is 0 Å². The Morgan fingerprint density at radius 1 is 0.911 bits per heavy atom. The topological polar surface area (TPSA) is 186 Å². The summed E-state index contributed by atoms with van der Waals surface area (Å²) in [6.07, 6.45) is 6.26. The SMILES string of the molecule is CCOC(=O)N1CCN(C(=O)C(CCC(=O)OC[C@@H]2CCCCO2)NC(=O)c2cc(OCC(=O)N3CCC[C@H]3C(=O)NC3CCC3)c3ccc(C)cc3n2)CC1. The molecule has 16 nitrogen and oxygen atoms in total. The molecule has 4 aliphatic rings. The van der Waals surface area contributed by atoms with Crippen LogP contribution in [0.1, 0.15) is 87.2 Å². The van der Waals surface area contributed by atoms with Crippen molar-refractivity contribution in [2.24, 2.45) is 0 Å². The second kappa shape index (κ2) is 19.2. The fourth-order valence-corrected chi connectivity index (χ4v) is 7.45. The molecule has 4 fully saturated rings. The molecule has 56 heavy (non-hydrogen) atoms. The predicted octanol–water partition coefficient (Wildman–Crippen LogP) is 2.87. The minimum Gasteiger partial charge on any atom is -0.483 e. The molecule has 16 heteroatoms. The Kier molecular flexibility index (Phi) is 14.0. The number of benzene rings is 1. The van der Waals surface area contributed by atoms with Crippen LogP contribution in [-0.4, -0.2) is 139 Å². The normalized spacial score (nSPS) is 20.5. The third kappa shape index (κ3) is 10.4. The number of esters is 1. The molecule has 0 spiro atoms. The van der Waals surface area contributed by atoms with Crippen LogP contribution in [0.3, 0.4) is 0 Å². The van der Waals surface area contributed by atoms with Gasteiger partial charge in [-0.25, -0.2) is 9.78 Å². The molecule has 1 aromatic carbocycles. The van der Waals surface area contributed by atoms with Crippen molar-refractivity contribution >= 4 is 46.6 Å². The molecule has 1 unspecified atom stereocenters. The summed E-state index contributed by atoms with van der Waals surface area (Å²) in [4.78, 5) is 88.7. The van der Waals surface area contributed by atoms with Gasteiger partial charge in [0.2, 0.25) is 11.8 Å². The molecular formula is C40H54N6O10. The fraction of sp³-hybridized carbons (Fsp3) is 0.625. The van der Waals surface area contributed by atoms with E-state index in [1.54, 1.807) is 28.9 Å². The Bertz CT molecular complexity index is 1750. The number of nitrogens with one attached hydrogen (secondary N) is 2. The van der Waals surface area contributed by atoms with E-state index in [1.165, 1.54) is 11.0 Å². The molecule has 1 aromatic heterocycles. The highest BCUT2D eigenvalue weighted by atomic mass is 16.6. The Morgan fingerprint density at radius 2 is 1.70 bits per heavy atom. The second-order valence-corrected chi connectivity index (χ2v) is 14.9. The van der Waals surface area contributed by atoms with Crippen molar-refractivity contribution < 1.29 is 47.7 Å². The van der Waals surface area contributed by atoms with Crippen molar-refractivity contribution in [1.82, 2.24) is 30.3 Å². The van der Waals surface area contributed by atoms with Gasteiger partial charge in [0, 0.05) is 63.2 Å². The molecule has 2 N–H and O–H groups in total.